The van der Waals surface area contributed by atoms with Gasteiger partial charge in [-0.25, -0.2) is 15.0 Å². The fourth-order valence-corrected chi connectivity index (χ4v) is 9.67. The largest absolute Gasteiger partial charge is 0.309 e. The van der Waals surface area contributed by atoms with Crippen LogP contribution in [0.5, 0.6) is 0 Å². The van der Waals surface area contributed by atoms with Crippen LogP contribution in [0.3, 0.4) is 0 Å². The molecule has 62 heavy (non-hydrogen) atoms. The molecule has 0 saturated carbocycles. The van der Waals surface area contributed by atoms with E-state index in [9.17, 15) is 0 Å². The summed E-state index contributed by atoms with van der Waals surface area (Å²) in [6, 6.07) is 75.8. The van der Waals surface area contributed by atoms with Crippen molar-refractivity contribution in [2.75, 3.05) is 0 Å². The normalized spacial score (nSPS) is 11.9. The molecule has 0 bridgehead atoms. The Hall–Kier alpha value is -8.41. The van der Waals surface area contributed by atoms with E-state index in [0.717, 1.165) is 49.9 Å². The molecule has 0 saturated heterocycles. The van der Waals surface area contributed by atoms with E-state index >= 15 is 0 Å². The lowest BCUT2D eigenvalue weighted by molar-refractivity contribution is 1.07. The number of nitrogens with zero attached hydrogens (tertiary/aromatic N) is 5. The summed E-state index contributed by atoms with van der Waals surface area (Å²) in [5.41, 5.74) is 9.67. The quantitative estimate of drug-likeness (QED) is 0.174. The molecular weight excluding hydrogens is 755 g/mol. The van der Waals surface area contributed by atoms with Gasteiger partial charge in [0.25, 0.3) is 0 Å². The predicted molar refractivity (Wildman–Crippen MR) is 257 cm³/mol. The van der Waals surface area contributed by atoms with Crippen molar-refractivity contribution in [1.82, 2.24) is 24.1 Å². The molecule has 0 radical (unpaired) electrons. The Balaban J connectivity index is 1.05. The first-order valence-electron chi connectivity index (χ1n) is 21.0. The van der Waals surface area contributed by atoms with E-state index in [1.54, 1.807) is 0 Å². The second-order valence-electron chi connectivity index (χ2n) is 16.0. The second kappa shape index (κ2) is 13.6. The standard InChI is InChI=1S/C57H35N5/c1-3-16-37(17-4-1)55-58-56(38-18-5-2-6-19-38)60-57(59-55)49-35-43(31-40-20-8-9-21-44(40)49)62-50-25-13-11-23-46(50)48-33-39-27-29-42(32-41(39)34-53(48)62)61-51-26-14-12-24-47(51)54-45-22-10-7-15-36(45)28-30-52(54)61/h1-35H. The van der Waals surface area contributed by atoms with Crippen LogP contribution >= 0.6 is 0 Å². The first kappa shape index (κ1) is 34.5. The highest BCUT2D eigenvalue weighted by molar-refractivity contribution is 6.21. The molecule has 0 amide bonds. The van der Waals surface area contributed by atoms with E-state index in [1.165, 1.54) is 54.1 Å². The number of hydrogen-bond acceptors (Lipinski definition) is 3. The number of benzene rings is 10. The zero-order valence-electron chi connectivity index (χ0n) is 33.4. The molecule has 0 aliphatic carbocycles. The molecule has 0 aliphatic heterocycles. The van der Waals surface area contributed by atoms with Gasteiger partial charge in [-0.2, -0.15) is 0 Å². The Kier molecular flexibility index (Phi) is 7.54. The van der Waals surface area contributed by atoms with Crippen molar-refractivity contribution in [3.63, 3.8) is 0 Å². The maximum absolute atomic E-state index is 5.20. The molecule has 3 heterocycles. The lowest BCUT2D eigenvalue weighted by atomic mass is 10.0. The number of rotatable bonds is 5. The first-order valence-corrected chi connectivity index (χ1v) is 21.0. The highest BCUT2D eigenvalue weighted by Crippen LogP contribution is 2.41. The Labute approximate surface area is 356 Å². The smallest absolute Gasteiger partial charge is 0.164 e. The summed E-state index contributed by atoms with van der Waals surface area (Å²) in [5.74, 6) is 1.91. The molecule has 288 valence electrons. The summed E-state index contributed by atoms with van der Waals surface area (Å²) in [6.45, 7) is 0. The van der Waals surface area contributed by atoms with Crippen molar-refractivity contribution in [2.24, 2.45) is 0 Å². The van der Waals surface area contributed by atoms with Gasteiger partial charge >= 0.3 is 0 Å². The van der Waals surface area contributed by atoms with E-state index in [1.807, 2.05) is 36.4 Å². The highest BCUT2D eigenvalue weighted by atomic mass is 15.0. The van der Waals surface area contributed by atoms with Crippen molar-refractivity contribution in [2.45, 2.75) is 0 Å². The van der Waals surface area contributed by atoms with E-state index in [2.05, 4.69) is 185 Å². The van der Waals surface area contributed by atoms with Gasteiger partial charge in [-0.05, 0) is 86.9 Å². The van der Waals surface area contributed by atoms with Crippen LogP contribution in [0.2, 0.25) is 0 Å². The lowest BCUT2D eigenvalue weighted by Gasteiger charge is -2.15. The zero-order valence-corrected chi connectivity index (χ0v) is 33.4. The van der Waals surface area contributed by atoms with Crippen molar-refractivity contribution < 1.29 is 0 Å². The molecule has 0 unspecified atom stereocenters. The third-order valence-corrected chi connectivity index (χ3v) is 12.5. The van der Waals surface area contributed by atoms with Gasteiger partial charge in [0.1, 0.15) is 0 Å². The third-order valence-electron chi connectivity index (χ3n) is 12.5. The zero-order chi connectivity index (χ0) is 40.7. The van der Waals surface area contributed by atoms with Crippen LogP contribution < -0.4 is 0 Å². The van der Waals surface area contributed by atoms with Crippen LogP contribution in [0.4, 0.5) is 0 Å². The summed E-state index contributed by atoms with van der Waals surface area (Å²) in [7, 11) is 0. The van der Waals surface area contributed by atoms with Crippen LogP contribution in [-0.2, 0) is 0 Å². The lowest BCUT2D eigenvalue weighted by Crippen LogP contribution is -2.02. The van der Waals surface area contributed by atoms with E-state index < -0.39 is 0 Å². The summed E-state index contributed by atoms with van der Waals surface area (Å²) < 4.78 is 4.84. The van der Waals surface area contributed by atoms with Gasteiger partial charge in [0.2, 0.25) is 0 Å². The van der Waals surface area contributed by atoms with Crippen LogP contribution in [-0.4, -0.2) is 24.1 Å². The van der Waals surface area contributed by atoms with Crippen molar-refractivity contribution >= 4 is 75.9 Å². The summed E-state index contributed by atoms with van der Waals surface area (Å²) in [5, 5.41) is 12.0. The molecule has 0 aliphatic rings. The van der Waals surface area contributed by atoms with Crippen LogP contribution in [0.25, 0.3) is 121 Å². The van der Waals surface area contributed by atoms with Crippen molar-refractivity contribution in [3.8, 4) is 45.5 Å². The minimum atomic E-state index is 0.630. The topological polar surface area (TPSA) is 48.5 Å². The molecule has 5 heteroatoms. The van der Waals surface area contributed by atoms with Gasteiger partial charge in [-0.15, -0.1) is 0 Å². The molecule has 13 rings (SSSR count). The first-order chi connectivity index (χ1) is 30.7. The van der Waals surface area contributed by atoms with E-state index in [-0.39, 0.29) is 0 Å². The van der Waals surface area contributed by atoms with E-state index in [4.69, 9.17) is 15.0 Å². The maximum Gasteiger partial charge on any atom is 0.164 e. The van der Waals surface area contributed by atoms with Gasteiger partial charge < -0.3 is 9.13 Å². The Morgan fingerprint density at radius 3 is 1.56 bits per heavy atom. The van der Waals surface area contributed by atoms with E-state index in [0.29, 0.717) is 17.5 Å². The molecule has 0 N–H and O–H groups in total. The van der Waals surface area contributed by atoms with Crippen molar-refractivity contribution in [1.29, 1.82) is 0 Å². The third kappa shape index (κ3) is 5.32. The number of hydrogen-bond donors (Lipinski definition) is 0. The fraction of sp³-hybridized carbons (Fsp3) is 0. The Morgan fingerprint density at radius 1 is 0.274 bits per heavy atom. The van der Waals surface area contributed by atoms with Crippen LogP contribution in [0, 0.1) is 0 Å². The molecule has 0 fully saturated rings. The highest BCUT2D eigenvalue weighted by Gasteiger charge is 2.20. The SMILES string of the molecule is c1ccc(-c2nc(-c3ccccc3)nc(-c3cc(-n4c5ccccc5c5cc6ccc(-n7c8ccccc8c8c9ccccc9ccc87)cc6cc54)cc4ccccc34)n2)cc1. The number of para-hydroxylation sites is 2. The van der Waals surface area contributed by atoms with Gasteiger partial charge in [0.05, 0.1) is 22.1 Å². The summed E-state index contributed by atoms with van der Waals surface area (Å²) in [6.07, 6.45) is 0. The molecule has 5 nitrogen and oxygen atoms in total. The van der Waals surface area contributed by atoms with Gasteiger partial charge in [-0.3, -0.25) is 0 Å². The van der Waals surface area contributed by atoms with Crippen LogP contribution in [0.1, 0.15) is 0 Å². The average molecular weight is 790 g/mol. The molecule has 0 atom stereocenters. The number of aromatic nitrogens is 5. The average Bonchev–Trinajstić information content (AvgIpc) is 3.86. The predicted octanol–water partition coefficient (Wildman–Crippen LogP) is 14.5. The second-order valence-corrected chi connectivity index (χ2v) is 16.0. The molecule has 13 aromatic rings. The monoisotopic (exact) mass is 789 g/mol. The minimum Gasteiger partial charge on any atom is -0.309 e. The Bertz CT molecular complexity index is 3860. The summed E-state index contributed by atoms with van der Waals surface area (Å²) in [4.78, 5) is 15.4. The van der Waals surface area contributed by atoms with Gasteiger partial charge in [0.15, 0.2) is 17.5 Å². The van der Waals surface area contributed by atoms with Crippen LogP contribution in [0.15, 0.2) is 212 Å². The number of fused-ring (bicyclic) bond motifs is 10. The fourth-order valence-electron chi connectivity index (χ4n) is 9.67. The molecular formula is C57H35N5. The summed E-state index contributed by atoms with van der Waals surface area (Å²) >= 11 is 0. The molecule has 3 aromatic heterocycles. The van der Waals surface area contributed by atoms with Gasteiger partial charge in [0, 0.05) is 49.6 Å². The van der Waals surface area contributed by atoms with Gasteiger partial charge in [-0.1, -0.05) is 158 Å². The van der Waals surface area contributed by atoms with Crippen molar-refractivity contribution in [3.05, 3.63) is 212 Å². The molecule has 10 aromatic carbocycles. The maximum atomic E-state index is 5.20. The molecule has 0 spiro atoms. The Morgan fingerprint density at radius 2 is 0.823 bits per heavy atom. The minimum absolute atomic E-state index is 0.630.